The van der Waals surface area contributed by atoms with E-state index in [1.807, 2.05) is 32.0 Å². The van der Waals surface area contributed by atoms with Crippen LogP contribution in [-0.2, 0) is 0 Å². The van der Waals surface area contributed by atoms with Crippen LogP contribution in [-0.4, -0.2) is 30.4 Å². The van der Waals surface area contributed by atoms with Gasteiger partial charge in [-0.1, -0.05) is 36.2 Å². The van der Waals surface area contributed by atoms with Gasteiger partial charge in [-0.05, 0) is 81.6 Å². The number of piperidine rings is 1. The third-order valence-corrected chi connectivity index (χ3v) is 6.37. The molecule has 4 nitrogen and oxygen atoms in total. The molecule has 1 aliphatic rings. The summed E-state index contributed by atoms with van der Waals surface area (Å²) in [4.78, 5) is 15.5. The third kappa shape index (κ3) is 4.26. The predicted molar refractivity (Wildman–Crippen MR) is 122 cm³/mol. The molecule has 1 saturated heterocycles. The first-order valence-corrected chi connectivity index (χ1v) is 11.1. The van der Waals surface area contributed by atoms with Gasteiger partial charge < -0.3 is 9.73 Å². The standard InChI is InChI=1S/C25H29ClN2O2/c1-16-13-17(2)23-18(3)24(30-22(23)14-16)25(29)27-15-21(28-11-5-4-6-12-28)19-7-9-20(26)10-8-19/h7-10,13-14,21H,4-6,11-12,15H2,1-3H3,(H,27,29)/t21-/m0/s1. The fraction of sp³-hybridized carbons (Fsp3) is 0.400. The Morgan fingerprint density at radius 1 is 1.10 bits per heavy atom. The van der Waals surface area contributed by atoms with Gasteiger partial charge in [-0.2, -0.15) is 0 Å². The molecular weight excluding hydrogens is 396 g/mol. The summed E-state index contributed by atoms with van der Waals surface area (Å²) in [6, 6.07) is 12.2. The van der Waals surface area contributed by atoms with Gasteiger partial charge in [0.05, 0.1) is 6.04 Å². The van der Waals surface area contributed by atoms with Crippen LogP contribution in [0.15, 0.2) is 40.8 Å². The third-order valence-electron chi connectivity index (χ3n) is 6.12. The van der Waals surface area contributed by atoms with Crippen LogP contribution in [0.1, 0.15) is 58.1 Å². The molecule has 4 rings (SSSR count). The quantitative estimate of drug-likeness (QED) is 0.548. The van der Waals surface area contributed by atoms with Gasteiger partial charge in [0.25, 0.3) is 5.91 Å². The Hall–Kier alpha value is -2.30. The highest BCUT2D eigenvalue weighted by molar-refractivity contribution is 6.30. The summed E-state index contributed by atoms with van der Waals surface area (Å²) in [5.74, 6) is 0.254. The van der Waals surface area contributed by atoms with Crippen molar-refractivity contribution in [2.75, 3.05) is 19.6 Å². The zero-order chi connectivity index (χ0) is 21.3. The molecular formula is C25H29ClN2O2. The number of rotatable bonds is 5. The van der Waals surface area contributed by atoms with Crippen LogP contribution in [0.4, 0.5) is 0 Å². The number of halogens is 1. The van der Waals surface area contributed by atoms with E-state index in [4.69, 9.17) is 16.0 Å². The highest BCUT2D eigenvalue weighted by Gasteiger charge is 2.25. The van der Waals surface area contributed by atoms with Crippen LogP contribution in [0.5, 0.6) is 0 Å². The molecule has 30 heavy (non-hydrogen) atoms. The van der Waals surface area contributed by atoms with Crippen LogP contribution < -0.4 is 5.32 Å². The van der Waals surface area contributed by atoms with E-state index in [0.717, 1.165) is 45.8 Å². The number of nitrogens with zero attached hydrogens (tertiary/aromatic N) is 1. The lowest BCUT2D eigenvalue weighted by Crippen LogP contribution is -2.40. The summed E-state index contributed by atoms with van der Waals surface area (Å²) in [6.45, 7) is 8.70. The Labute approximate surface area is 183 Å². The number of likely N-dealkylation sites (tertiary alicyclic amines) is 1. The van der Waals surface area contributed by atoms with Gasteiger partial charge in [0.2, 0.25) is 0 Å². The van der Waals surface area contributed by atoms with E-state index >= 15 is 0 Å². The predicted octanol–water partition coefficient (Wildman–Crippen LogP) is 5.97. The fourth-order valence-corrected chi connectivity index (χ4v) is 4.77. The largest absolute Gasteiger partial charge is 0.451 e. The van der Waals surface area contributed by atoms with Gasteiger partial charge in [-0.3, -0.25) is 9.69 Å². The summed E-state index contributed by atoms with van der Waals surface area (Å²) in [6.07, 6.45) is 3.66. The average molecular weight is 425 g/mol. The number of carbonyl (C=O) groups is 1. The number of hydrogen-bond donors (Lipinski definition) is 1. The summed E-state index contributed by atoms with van der Waals surface area (Å²) in [5, 5.41) is 4.90. The summed E-state index contributed by atoms with van der Waals surface area (Å²) in [5.41, 5.74) is 5.13. The maximum atomic E-state index is 13.1. The molecule has 1 fully saturated rings. The molecule has 2 aromatic carbocycles. The molecule has 1 N–H and O–H groups in total. The minimum atomic E-state index is -0.156. The first-order chi connectivity index (χ1) is 14.4. The van der Waals surface area contributed by atoms with Gasteiger partial charge in [-0.15, -0.1) is 0 Å². The Morgan fingerprint density at radius 2 is 1.80 bits per heavy atom. The van der Waals surface area contributed by atoms with E-state index in [1.165, 1.54) is 24.8 Å². The molecule has 0 radical (unpaired) electrons. The second-order valence-electron chi connectivity index (χ2n) is 8.39. The monoisotopic (exact) mass is 424 g/mol. The first kappa shape index (κ1) is 21.0. The van der Waals surface area contributed by atoms with Crippen molar-refractivity contribution in [2.45, 2.75) is 46.1 Å². The van der Waals surface area contributed by atoms with E-state index in [-0.39, 0.29) is 11.9 Å². The van der Waals surface area contributed by atoms with Crippen molar-refractivity contribution in [1.29, 1.82) is 0 Å². The number of nitrogens with one attached hydrogen (secondary N) is 1. The molecule has 5 heteroatoms. The minimum Gasteiger partial charge on any atom is -0.451 e. The first-order valence-electron chi connectivity index (χ1n) is 10.7. The van der Waals surface area contributed by atoms with E-state index in [1.54, 1.807) is 0 Å². The highest BCUT2D eigenvalue weighted by Crippen LogP contribution is 2.30. The normalized spacial score (nSPS) is 16.0. The molecule has 3 aromatic rings. The Balaban J connectivity index is 1.56. The molecule has 0 saturated carbocycles. The summed E-state index contributed by atoms with van der Waals surface area (Å²) >= 11 is 6.09. The molecule has 158 valence electrons. The van der Waals surface area contributed by atoms with Gasteiger partial charge >= 0.3 is 0 Å². The van der Waals surface area contributed by atoms with Gasteiger partial charge in [0.15, 0.2) is 5.76 Å². The summed E-state index contributed by atoms with van der Waals surface area (Å²) < 4.78 is 5.98. The maximum Gasteiger partial charge on any atom is 0.287 e. The number of fused-ring (bicyclic) bond motifs is 1. The number of aryl methyl sites for hydroxylation is 3. The number of benzene rings is 2. The van der Waals surface area contributed by atoms with Gasteiger partial charge in [0.1, 0.15) is 5.58 Å². The van der Waals surface area contributed by atoms with E-state index in [9.17, 15) is 4.79 Å². The lowest BCUT2D eigenvalue weighted by Gasteiger charge is -2.35. The van der Waals surface area contributed by atoms with Crippen molar-refractivity contribution < 1.29 is 9.21 Å². The number of carbonyl (C=O) groups excluding carboxylic acids is 1. The zero-order valence-electron chi connectivity index (χ0n) is 17.9. The molecule has 0 unspecified atom stereocenters. The number of hydrogen-bond acceptors (Lipinski definition) is 3. The van der Waals surface area contributed by atoms with Crippen molar-refractivity contribution in [3.63, 3.8) is 0 Å². The molecule has 2 heterocycles. The van der Waals surface area contributed by atoms with Crippen molar-refractivity contribution >= 4 is 28.5 Å². The molecule has 1 aliphatic heterocycles. The minimum absolute atomic E-state index is 0.125. The SMILES string of the molecule is Cc1cc(C)c2c(C)c(C(=O)NC[C@@H](c3ccc(Cl)cc3)N3CCCCC3)oc2c1. The number of furan rings is 1. The van der Waals surface area contributed by atoms with E-state index < -0.39 is 0 Å². The van der Waals surface area contributed by atoms with Crippen LogP contribution in [0, 0.1) is 20.8 Å². The maximum absolute atomic E-state index is 13.1. The topological polar surface area (TPSA) is 45.5 Å². The Bertz CT molecular complexity index is 1050. The lowest BCUT2D eigenvalue weighted by molar-refractivity contribution is 0.0898. The molecule has 0 aliphatic carbocycles. The molecule has 1 amide bonds. The van der Waals surface area contributed by atoms with Crippen molar-refractivity contribution in [1.82, 2.24) is 10.2 Å². The van der Waals surface area contributed by atoms with Crippen LogP contribution in [0.25, 0.3) is 11.0 Å². The Morgan fingerprint density at radius 3 is 2.50 bits per heavy atom. The van der Waals surface area contributed by atoms with Gasteiger partial charge in [0, 0.05) is 22.5 Å². The van der Waals surface area contributed by atoms with E-state index in [0.29, 0.717) is 12.3 Å². The van der Waals surface area contributed by atoms with Crippen molar-refractivity contribution in [2.24, 2.45) is 0 Å². The van der Waals surface area contributed by atoms with Crippen LogP contribution in [0.2, 0.25) is 5.02 Å². The van der Waals surface area contributed by atoms with Crippen molar-refractivity contribution in [3.05, 3.63) is 69.4 Å². The van der Waals surface area contributed by atoms with Crippen LogP contribution >= 0.6 is 11.6 Å². The van der Waals surface area contributed by atoms with Crippen molar-refractivity contribution in [3.8, 4) is 0 Å². The number of amides is 1. The molecule has 0 bridgehead atoms. The van der Waals surface area contributed by atoms with Crippen LogP contribution in [0.3, 0.4) is 0 Å². The second kappa shape index (κ2) is 8.83. The average Bonchev–Trinajstić information content (AvgIpc) is 3.06. The lowest BCUT2D eigenvalue weighted by atomic mass is 10.0. The highest BCUT2D eigenvalue weighted by atomic mass is 35.5. The molecule has 1 atom stereocenters. The zero-order valence-corrected chi connectivity index (χ0v) is 18.7. The van der Waals surface area contributed by atoms with Gasteiger partial charge in [-0.25, -0.2) is 0 Å². The molecule has 0 spiro atoms. The fourth-order valence-electron chi connectivity index (χ4n) is 4.65. The Kier molecular flexibility index (Phi) is 6.16. The summed E-state index contributed by atoms with van der Waals surface area (Å²) in [7, 11) is 0. The molecule has 1 aromatic heterocycles. The van der Waals surface area contributed by atoms with E-state index in [2.05, 4.69) is 35.3 Å². The smallest absolute Gasteiger partial charge is 0.287 e. The second-order valence-corrected chi connectivity index (χ2v) is 8.82.